The number of hydrogen-bond donors (Lipinski definition) is 2. The third-order valence-electron chi connectivity index (χ3n) is 5.14. The highest BCUT2D eigenvalue weighted by molar-refractivity contribution is 5.94. The number of nitrogens with one attached hydrogen (secondary N) is 2. The van der Waals surface area contributed by atoms with E-state index in [1.54, 1.807) is 24.9 Å². The van der Waals surface area contributed by atoms with E-state index in [2.05, 4.69) is 25.1 Å². The van der Waals surface area contributed by atoms with Crippen LogP contribution in [0, 0.1) is 6.92 Å². The molecule has 6 heterocycles. The zero-order valence-electron chi connectivity index (χ0n) is 15.9. The molecule has 144 valence electrons. The molecule has 6 aromatic heterocycles. The first-order valence-electron chi connectivity index (χ1n) is 9.42. The number of hydrogen-bond acceptors (Lipinski definition) is 6. The quantitative estimate of drug-likeness (QED) is 0.457. The van der Waals surface area contributed by atoms with Crippen LogP contribution in [0.5, 0.6) is 0 Å². The van der Waals surface area contributed by atoms with E-state index in [9.17, 15) is 0 Å². The average molecular weight is 393 g/mol. The van der Waals surface area contributed by atoms with Crippen molar-refractivity contribution in [2.45, 2.75) is 6.92 Å². The standard InChI is InChI=1S/C22H15N7O/c1-12-4-7-23-10-14(12)15-2-3-17-20(25-15)21(29-28-17)22-26-16-5-8-24-18(19(16)27-22)13-6-9-30-11-13/h2-11H,1H3,(H,26,27)(H,28,29). The molecule has 0 unspecified atom stereocenters. The van der Waals surface area contributed by atoms with Gasteiger partial charge in [0.2, 0.25) is 0 Å². The van der Waals surface area contributed by atoms with E-state index >= 15 is 0 Å². The molecule has 0 aliphatic rings. The van der Waals surface area contributed by atoms with Gasteiger partial charge in [-0.1, -0.05) is 0 Å². The first kappa shape index (κ1) is 16.6. The summed E-state index contributed by atoms with van der Waals surface area (Å²) in [7, 11) is 0. The van der Waals surface area contributed by atoms with E-state index in [-0.39, 0.29) is 0 Å². The van der Waals surface area contributed by atoms with Crippen molar-refractivity contribution in [2.24, 2.45) is 0 Å². The second kappa shape index (κ2) is 6.35. The Bertz CT molecular complexity index is 1510. The van der Waals surface area contributed by atoms with Gasteiger partial charge in [0.25, 0.3) is 0 Å². The summed E-state index contributed by atoms with van der Waals surface area (Å²) >= 11 is 0. The van der Waals surface area contributed by atoms with Crippen LogP contribution in [-0.2, 0) is 0 Å². The van der Waals surface area contributed by atoms with Crippen LogP contribution in [0.25, 0.3) is 56.1 Å². The molecule has 0 amide bonds. The van der Waals surface area contributed by atoms with E-state index < -0.39 is 0 Å². The minimum atomic E-state index is 0.626. The maximum Gasteiger partial charge on any atom is 0.161 e. The molecule has 8 nitrogen and oxygen atoms in total. The molecule has 8 heteroatoms. The van der Waals surface area contributed by atoms with E-state index in [0.29, 0.717) is 11.5 Å². The summed E-state index contributed by atoms with van der Waals surface area (Å²) in [5, 5.41) is 7.52. The van der Waals surface area contributed by atoms with Crippen LogP contribution in [0.2, 0.25) is 0 Å². The van der Waals surface area contributed by atoms with Crippen molar-refractivity contribution in [3.8, 4) is 34.0 Å². The molecule has 0 atom stereocenters. The van der Waals surface area contributed by atoms with Gasteiger partial charge in [0.05, 0.1) is 29.3 Å². The average Bonchev–Trinajstić information content (AvgIpc) is 3.51. The van der Waals surface area contributed by atoms with Gasteiger partial charge in [0, 0.05) is 29.7 Å². The third kappa shape index (κ3) is 2.51. The highest BCUT2D eigenvalue weighted by Crippen LogP contribution is 2.31. The molecule has 30 heavy (non-hydrogen) atoms. The van der Waals surface area contributed by atoms with Crippen molar-refractivity contribution in [1.29, 1.82) is 0 Å². The number of imidazole rings is 1. The van der Waals surface area contributed by atoms with Crippen molar-refractivity contribution >= 4 is 22.1 Å². The lowest BCUT2D eigenvalue weighted by Crippen LogP contribution is -1.90. The Labute approximate surface area is 170 Å². The number of rotatable bonds is 3. The Kier molecular flexibility index (Phi) is 3.51. The van der Waals surface area contributed by atoms with Gasteiger partial charge in [-0.2, -0.15) is 5.10 Å². The normalized spacial score (nSPS) is 11.5. The summed E-state index contributed by atoms with van der Waals surface area (Å²) < 4.78 is 5.21. The van der Waals surface area contributed by atoms with Crippen LogP contribution >= 0.6 is 0 Å². The number of pyridine rings is 3. The fraction of sp³-hybridized carbons (Fsp3) is 0.0455. The molecule has 6 rings (SSSR count). The fourth-order valence-corrected chi connectivity index (χ4v) is 3.60. The molecular formula is C22H15N7O. The second-order valence-corrected chi connectivity index (χ2v) is 7.01. The van der Waals surface area contributed by atoms with E-state index in [1.165, 1.54) is 0 Å². The minimum absolute atomic E-state index is 0.626. The highest BCUT2D eigenvalue weighted by atomic mass is 16.3. The fourth-order valence-electron chi connectivity index (χ4n) is 3.60. The lowest BCUT2D eigenvalue weighted by Gasteiger charge is -2.04. The molecule has 0 aliphatic heterocycles. The molecule has 0 saturated carbocycles. The number of nitrogens with zero attached hydrogens (tertiary/aromatic N) is 5. The molecule has 0 aromatic carbocycles. The first-order chi connectivity index (χ1) is 14.8. The van der Waals surface area contributed by atoms with Gasteiger partial charge in [-0.15, -0.1) is 0 Å². The number of H-pyrrole nitrogens is 2. The minimum Gasteiger partial charge on any atom is -0.472 e. The van der Waals surface area contributed by atoms with Crippen LogP contribution in [-0.4, -0.2) is 35.1 Å². The summed E-state index contributed by atoms with van der Waals surface area (Å²) in [4.78, 5) is 21.7. The Hall–Kier alpha value is -4.33. The lowest BCUT2D eigenvalue weighted by molar-refractivity contribution is 0.568. The lowest BCUT2D eigenvalue weighted by atomic mass is 10.1. The van der Waals surface area contributed by atoms with Crippen LogP contribution in [0.15, 0.2) is 65.9 Å². The van der Waals surface area contributed by atoms with Crippen molar-refractivity contribution in [3.63, 3.8) is 0 Å². The molecule has 0 bridgehead atoms. The maximum atomic E-state index is 5.21. The molecule has 2 N–H and O–H groups in total. The van der Waals surface area contributed by atoms with Crippen LogP contribution < -0.4 is 0 Å². The van der Waals surface area contributed by atoms with Gasteiger partial charge in [-0.05, 0) is 42.8 Å². The number of furan rings is 1. The summed E-state index contributed by atoms with van der Waals surface area (Å²) in [5.41, 5.74) is 8.42. The van der Waals surface area contributed by atoms with Crippen LogP contribution in [0.4, 0.5) is 0 Å². The Balaban J connectivity index is 1.53. The van der Waals surface area contributed by atoms with Crippen molar-refractivity contribution < 1.29 is 4.42 Å². The van der Waals surface area contributed by atoms with E-state index in [1.807, 2.05) is 43.5 Å². The van der Waals surface area contributed by atoms with Gasteiger partial charge >= 0.3 is 0 Å². The monoisotopic (exact) mass is 393 g/mol. The number of aromatic amines is 2. The number of aromatic nitrogens is 7. The summed E-state index contributed by atoms with van der Waals surface area (Å²) in [6, 6.07) is 9.67. The molecule has 0 radical (unpaired) electrons. The van der Waals surface area contributed by atoms with E-state index in [4.69, 9.17) is 14.4 Å². The molecule has 0 saturated heterocycles. The smallest absolute Gasteiger partial charge is 0.161 e. The van der Waals surface area contributed by atoms with Crippen LogP contribution in [0.3, 0.4) is 0 Å². The topological polar surface area (TPSA) is 109 Å². The third-order valence-corrected chi connectivity index (χ3v) is 5.14. The summed E-state index contributed by atoms with van der Waals surface area (Å²) in [6.07, 6.45) is 8.63. The van der Waals surface area contributed by atoms with Gasteiger partial charge in [-0.3, -0.25) is 15.1 Å². The van der Waals surface area contributed by atoms with Crippen molar-refractivity contribution in [2.75, 3.05) is 0 Å². The zero-order valence-corrected chi connectivity index (χ0v) is 15.9. The predicted octanol–water partition coefficient (Wildman–Crippen LogP) is 4.53. The number of fused-ring (bicyclic) bond motifs is 2. The number of aryl methyl sites for hydroxylation is 1. The molecule has 0 fully saturated rings. The molecule has 0 aliphatic carbocycles. The zero-order chi connectivity index (χ0) is 20.1. The molecule has 6 aromatic rings. The Morgan fingerprint density at radius 2 is 1.83 bits per heavy atom. The van der Waals surface area contributed by atoms with E-state index in [0.717, 1.165) is 50.1 Å². The Morgan fingerprint density at radius 3 is 2.70 bits per heavy atom. The van der Waals surface area contributed by atoms with Gasteiger partial charge in [-0.25, -0.2) is 9.97 Å². The largest absolute Gasteiger partial charge is 0.472 e. The molecular weight excluding hydrogens is 378 g/mol. The Morgan fingerprint density at radius 1 is 0.900 bits per heavy atom. The van der Waals surface area contributed by atoms with Gasteiger partial charge in [0.1, 0.15) is 16.7 Å². The van der Waals surface area contributed by atoms with Crippen molar-refractivity contribution in [3.05, 3.63) is 67.0 Å². The SMILES string of the molecule is Cc1ccncc1-c1ccc2[nH]nc(-c3nc4c(-c5ccoc5)nccc4[nH]3)c2n1. The summed E-state index contributed by atoms with van der Waals surface area (Å²) in [5.74, 6) is 0.626. The second-order valence-electron chi connectivity index (χ2n) is 7.01. The first-order valence-corrected chi connectivity index (χ1v) is 9.42. The van der Waals surface area contributed by atoms with Crippen LogP contribution in [0.1, 0.15) is 5.56 Å². The highest BCUT2D eigenvalue weighted by Gasteiger charge is 2.18. The predicted molar refractivity (Wildman–Crippen MR) is 112 cm³/mol. The summed E-state index contributed by atoms with van der Waals surface area (Å²) in [6.45, 7) is 2.04. The van der Waals surface area contributed by atoms with Crippen molar-refractivity contribution in [1.82, 2.24) is 35.1 Å². The van der Waals surface area contributed by atoms with Gasteiger partial charge in [0.15, 0.2) is 11.5 Å². The van der Waals surface area contributed by atoms with Gasteiger partial charge < -0.3 is 9.40 Å². The molecule has 0 spiro atoms. The maximum absolute atomic E-state index is 5.21.